The van der Waals surface area contributed by atoms with Crippen LogP contribution in [-0.2, 0) is 9.53 Å². The van der Waals surface area contributed by atoms with E-state index in [1.165, 1.54) is 0 Å². The van der Waals surface area contributed by atoms with Gasteiger partial charge in [0.25, 0.3) is 5.91 Å². The van der Waals surface area contributed by atoms with Crippen molar-refractivity contribution >= 4 is 17.6 Å². The first-order chi connectivity index (χ1) is 8.45. The first-order valence-corrected chi connectivity index (χ1v) is 5.14. The maximum atomic E-state index is 13.4. The molecule has 0 aliphatic carbocycles. The zero-order valence-electron chi connectivity index (χ0n) is 9.63. The Labute approximate surface area is 102 Å². The smallest absolute Gasteiger partial charge is 0.325 e. The SMILES string of the molecule is CCOC(=O)CNC(=O)c1cc(F)cc(N)c1F. The van der Waals surface area contributed by atoms with Crippen LogP contribution in [0.1, 0.15) is 17.3 Å². The van der Waals surface area contributed by atoms with Gasteiger partial charge in [-0.1, -0.05) is 0 Å². The van der Waals surface area contributed by atoms with Crippen molar-refractivity contribution in [3.05, 3.63) is 29.3 Å². The van der Waals surface area contributed by atoms with E-state index >= 15 is 0 Å². The van der Waals surface area contributed by atoms with Crippen LogP contribution in [0.3, 0.4) is 0 Å². The number of carbonyl (C=O) groups excluding carboxylic acids is 2. The van der Waals surface area contributed by atoms with Gasteiger partial charge in [0.1, 0.15) is 12.4 Å². The van der Waals surface area contributed by atoms with Crippen LogP contribution in [0.2, 0.25) is 0 Å². The van der Waals surface area contributed by atoms with E-state index in [4.69, 9.17) is 5.73 Å². The Morgan fingerprint density at radius 1 is 1.39 bits per heavy atom. The molecule has 7 heteroatoms. The van der Waals surface area contributed by atoms with Crippen molar-refractivity contribution in [2.75, 3.05) is 18.9 Å². The molecule has 0 spiro atoms. The summed E-state index contributed by atoms with van der Waals surface area (Å²) in [7, 11) is 0. The van der Waals surface area contributed by atoms with Crippen LogP contribution in [0.4, 0.5) is 14.5 Å². The largest absolute Gasteiger partial charge is 0.465 e. The molecule has 1 rings (SSSR count). The summed E-state index contributed by atoms with van der Waals surface area (Å²) in [6.07, 6.45) is 0. The maximum absolute atomic E-state index is 13.4. The minimum Gasteiger partial charge on any atom is -0.465 e. The van der Waals surface area contributed by atoms with Gasteiger partial charge in [0.2, 0.25) is 0 Å². The maximum Gasteiger partial charge on any atom is 0.325 e. The highest BCUT2D eigenvalue weighted by Crippen LogP contribution is 2.17. The highest BCUT2D eigenvalue weighted by molar-refractivity contribution is 5.97. The Kier molecular flexibility index (Phi) is 4.59. The summed E-state index contributed by atoms with van der Waals surface area (Å²) < 4.78 is 31.0. The number of nitrogens with two attached hydrogens (primary N) is 1. The molecule has 0 aliphatic rings. The Hall–Kier alpha value is -2.18. The molecule has 18 heavy (non-hydrogen) atoms. The van der Waals surface area contributed by atoms with Crippen molar-refractivity contribution in [2.45, 2.75) is 6.92 Å². The molecule has 5 nitrogen and oxygen atoms in total. The topological polar surface area (TPSA) is 81.4 Å². The number of rotatable bonds is 4. The molecule has 0 fully saturated rings. The second-order valence-electron chi connectivity index (χ2n) is 3.34. The van der Waals surface area contributed by atoms with Crippen LogP contribution in [0.5, 0.6) is 0 Å². The molecule has 0 saturated heterocycles. The Bertz CT molecular complexity index is 478. The molecule has 0 radical (unpaired) electrons. The van der Waals surface area contributed by atoms with Crippen molar-refractivity contribution in [3.8, 4) is 0 Å². The van der Waals surface area contributed by atoms with E-state index in [2.05, 4.69) is 10.1 Å². The lowest BCUT2D eigenvalue weighted by molar-refractivity contribution is -0.141. The number of anilines is 1. The average molecular weight is 258 g/mol. The highest BCUT2D eigenvalue weighted by Gasteiger charge is 2.16. The van der Waals surface area contributed by atoms with Gasteiger partial charge in [0.15, 0.2) is 5.82 Å². The second-order valence-corrected chi connectivity index (χ2v) is 3.34. The van der Waals surface area contributed by atoms with E-state index < -0.39 is 41.3 Å². The fourth-order valence-electron chi connectivity index (χ4n) is 1.24. The quantitative estimate of drug-likeness (QED) is 0.619. The fraction of sp³-hybridized carbons (Fsp3) is 0.273. The monoisotopic (exact) mass is 258 g/mol. The number of benzene rings is 1. The lowest BCUT2D eigenvalue weighted by Gasteiger charge is -2.07. The zero-order valence-corrected chi connectivity index (χ0v) is 9.63. The molecule has 0 saturated carbocycles. The average Bonchev–Trinajstić information content (AvgIpc) is 2.31. The van der Waals surface area contributed by atoms with Gasteiger partial charge in [0, 0.05) is 0 Å². The highest BCUT2D eigenvalue weighted by atomic mass is 19.1. The summed E-state index contributed by atoms with van der Waals surface area (Å²) in [6.45, 7) is 1.34. The summed E-state index contributed by atoms with van der Waals surface area (Å²) >= 11 is 0. The Morgan fingerprint density at radius 2 is 2.06 bits per heavy atom. The van der Waals surface area contributed by atoms with Crippen molar-refractivity contribution in [1.82, 2.24) is 5.32 Å². The predicted octanol–water partition coefficient (Wildman–Crippen LogP) is 0.840. The number of ether oxygens (including phenoxy) is 1. The van der Waals surface area contributed by atoms with Gasteiger partial charge in [-0.15, -0.1) is 0 Å². The summed E-state index contributed by atoms with van der Waals surface area (Å²) in [4.78, 5) is 22.5. The zero-order chi connectivity index (χ0) is 13.7. The molecule has 0 aliphatic heterocycles. The van der Waals surface area contributed by atoms with Gasteiger partial charge in [-0.3, -0.25) is 9.59 Å². The van der Waals surface area contributed by atoms with Crippen LogP contribution < -0.4 is 11.1 Å². The molecule has 0 heterocycles. The summed E-state index contributed by atoms with van der Waals surface area (Å²) in [5.74, 6) is -3.48. The first-order valence-electron chi connectivity index (χ1n) is 5.14. The van der Waals surface area contributed by atoms with Crippen LogP contribution >= 0.6 is 0 Å². The van der Waals surface area contributed by atoms with Crippen molar-refractivity contribution in [1.29, 1.82) is 0 Å². The van der Waals surface area contributed by atoms with Gasteiger partial charge in [-0.05, 0) is 19.1 Å². The molecule has 1 aromatic rings. The molecule has 0 bridgehead atoms. The third-order valence-corrected chi connectivity index (χ3v) is 2.01. The summed E-state index contributed by atoms with van der Waals surface area (Å²) in [6, 6.07) is 1.46. The van der Waals surface area contributed by atoms with E-state index in [0.717, 1.165) is 6.07 Å². The molecule has 1 amide bonds. The molecular formula is C11H12F2N2O3. The number of hydrogen-bond donors (Lipinski definition) is 2. The molecule has 98 valence electrons. The molecule has 0 atom stereocenters. The number of amides is 1. The fourth-order valence-corrected chi connectivity index (χ4v) is 1.24. The van der Waals surface area contributed by atoms with Crippen molar-refractivity contribution in [2.24, 2.45) is 0 Å². The molecule has 0 aromatic heterocycles. The summed E-state index contributed by atoms with van der Waals surface area (Å²) in [5.41, 5.74) is 4.14. The lowest BCUT2D eigenvalue weighted by Crippen LogP contribution is -2.31. The van der Waals surface area contributed by atoms with Crippen LogP contribution in [0, 0.1) is 11.6 Å². The van der Waals surface area contributed by atoms with Crippen LogP contribution in [-0.4, -0.2) is 25.0 Å². The minimum atomic E-state index is -1.03. The second kappa shape index (κ2) is 5.95. The normalized spacial score (nSPS) is 9.94. The number of carbonyl (C=O) groups is 2. The molecular weight excluding hydrogens is 246 g/mol. The van der Waals surface area contributed by atoms with E-state index in [0.29, 0.717) is 6.07 Å². The molecule has 0 unspecified atom stereocenters. The van der Waals surface area contributed by atoms with Crippen LogP contribution in [0.25, 0.3) is 0 Å². The molecule has 1 aromatic carbocycles. The lowest BCUT2D eigenvalue weighted by atomic mass is 10.1. The first kappa shape index (κ1) is 13.9. The van der Waals surface area contributed by atoms with Crippen molar-refractivity contribution < 1.29 is 23.1 Å². The number of nitrogen functional groups attached to an aromatic ring is 1. The third kappa shape index (κ3) is 3.41. The number of halogens is 2. The number of esters is 1. The van der Waals surface area contributed by atoms with Gasteiger partial charge < -0.3 is 15.8 Å². The third-order valence-electron chi connectivity index (χ3n) is 2.01. The van der Waals surface area contributed by atoms with Crippen molar-refractivity contribution in [3.63, 3.8) is 0 Å². The van der Waals surface area contributed by atoms with E-state index in [1.54, 1.807) is 6.92 Å². The Morgan fingerprint density at radius 3 is 2.67 bits per heavy atom. The standard InChI is InChI=1S/C11H12F2N2O3/c1-2-18-9(16)5-15-11(17)7-3-6(12)4-8(14)10(7)13/h3-4H,2,5,14H2,1H3,(H,15,17). The van der Waals surface area contributed by atoms with Gasteiger partial charge in [-0.2, -0.15) is 0 Å². The molecule has 3 N–H and O–H groups in total. The van der Waals surface area contributed by atoms with E-state index in [-0.39, 0.29) is 6.61 Å². The summed E-state index contributed by atoms with van der Waals surface area (Å²) in [5, 5.41) is 2.10. The van der Waals surface area contributed by atoms with E-state index in [9.17, 15) is 18.4 Å². The Balaban J connectivity index is 2.76. The van der Waals surface area contributed by atoms with E-state index in [1.807, 2.05) is 0 Å². The number of nitrogens with one attached hydrogen (secondary N) is 1. The van der Waals surface area contributed by atoms with Gasteiger partial charge in [-0.25, -0.2) is 8.78 Å². The predicted molar refractivity (Wildman–Crippen MR) is 59.7 cm³/mol. The minimum absolute atomic E-state index is 0.163. The van der Waals surface area contributed by atoms with Gasteiger partial charge >= 0.3 is 5.97 Å². The van der Waals surface area contributed by atoms with Crippen LogP contribution in [0.15, 0.2) is 12.1 Å². The van der Waals surface area contributed by atoms with Gasteiger partial charge in [0.05, 0.1) is 17.9 Å². The number of hydrogen-bond acceptors (Lipinski definition) is 4.